The van der Waals surface area contributed by atoms with Crippen LogP contribution >= 0.6 is 23.4 Å². The number of hydrogen-bond donors (Lipinski definition) is 0. The van der Waals surface area contributed by atoms with Crippen LogP contribution in [-0.4, -0.2) is 19.9 Å². The summed E-state index contributed by atoms with van der Waals surface area (Å²) < 4.78 is 0. The number of halogens is 1. The molecule has 0 aliphatic rings. The second-order valence-electron chi connectivity index (χ2n) is 3.27. The zero-order chi connectivity index (χ0) is 13.1. The van der Waals surface area contributed by atoms with Crippen LogP contribution in [0.15, 0.2) is 34.4 Å². The Balaban J connectivity index is 2.46. The maximum Gasteiger partial charge on any atom is 0.322 e. The molecule has 0 unspecified atom stereocenters. The van der Waals surface area contributed by atoms with Gasteiger partial charge < -0.3 is 0 Å². The molecular formula is C10H7ClN4O2S. The molecule has 6 nitrogen and oxygen atoms in total. The van der Waals surface area contributed by atoms with Crippen LogP contribution in [0.2, 0.25) is 5.28 Å². The minimum absolute atomic E-state index is 0.00495. The highest BCUT2D eigenvalue weighted by molar-refractivity contribution is 7.99. The van der Waals surface area contributed by atoms with Crippen LogP contribution in [0, 0.1) is 17.0 Å². The van der Waals surface area contributed by atoms with Crippen molar-refractivity contribution in [1.82, 2.24) is 15.0 Å². The molecule has 2 rings (SSSR count). The van der Waals surface area contributed by atoms with Crippen LogP contribution in [0.3, 0.4) is 0 Å². The Bertz CT molecular complexity index is 594. The van der Waals surface area contributed by atoms with Gasteiger partial charge in [0.2, 0.25) is 5.28 Å². The van der Waals surface area contributed by atoms with Gasteiger partial charge in [-0.15, -0.1) is 0 Å². The second-order valence-corrected chi connectivity index (χ2v) is 4.67. The fourth-order valence-electron chi connectivity index (χ4n) is 1.31. The largest absolute Gasteiger partial charge is 0.322 e. The zero-order valence-electron chi connectivity index (χ0n) is 9.20. The monoisotopic (exact) mass is 282 g/mol. The molecule has 0 aliphatic carbocycles. The summed E-state index contributed by atoms with van der Waals surface area (Å²) in [4.78, 5) is 22.9. The number of aromatic nitrogens is 3. The van der Waals surface area contributed by atoms with Crippen molar-refractivity contribution < 1.29 is 4.92 Å². The maximum absolute atomic E-state index is 11.0. The molecule has 0 N–H and O–H groups in total. The van der Waals surface area contributed by atoms with E-state index in [9.17, 15) is 10.1 Å². The van der Waals surface area contributed by atoms with Gasteiger partial charge in [0.15, 0.2) is 5.03 Å². The lowest BCUT2D eigenvalue weighted by atomic mass is 10.4. The van der Waals surface area contributed by atoms with E-state index >= 15 is 0 Å². The fourth-order valence-corrected chi connectivity index (χ4v) is 2.50. The Labute approximate surface area is 112 Å². The van der Waals surface area contributed by atoms with Crippen LogP contribution < -0.4 is 0 Å². The summed E-state index contributed by atoms with van der Waals surface area (Å²) in [5, 5.41) is 11.2. The minimum atomic E-state index is -0.505. The highest BCUT2D eigenvalue weighted by Crippen LogP contribution is 2.34. The molecule has 0 atom stereocenters. The Morgan fingerprint density at radius 1 is 1.33 bits per heavy atom. The van der Waals surface area contributed by atoms with Crippen LogP contribution in [0.25, 0.3) is 0 Å². The van der Waals surface area contributed by atoms with E-state index in [0.29, 0.717) is 0 Å². The van der Waals surface area contributed by atoms with E-state index in [1.54, 1.807) is 24.5 Å². The number of nitro groups is 1. The molecule has 0 saturated heterocycles. The van der Waals surface area contributed by atoms with E-state index in [0.717, 1.165) is 16.7 Å². The molecule has 2 aromatic rings. The van der Waals surface area contributed by atoms with Gasteiger partial charge in [0.1, 0.15) is 5.69 Å². The van der Waals surface area contributed by atoms with Gasteiger partial charge in [-0.25, -0.2) is 9.97 Å². The van der Waals surface area contributed by atoms with Crippen LogP contribution in [0.4, 0.5) is 5.69 Å². The molecule has 0 aliphatic heterocycles. The summed E-state index contributed by atoms with van der Waals surface area (Å²) in [7, 11) is 0. The van der Waals surface area contributed by atoms with Crippen LogP contribution in [-0.2, 0) is 0 Å². The summed E-state index contributed by atoms with van der Waals surface area (Å²) in [6.45, 7) is 1.53. The minimum Gasteiger partial charge on any atom is -0.265 e. The van der Waals surface area contributed by atoms with Crippen molar-refractivity contribution in [1.29, 1.82) is 0 Å². The molecule has 0 bridgehead atoms. The summed E-state index contributed by atoms with van der Waals surface area (Å²) in [6.07, 6.45) is 3.20. The Morgan fingerprint density at radius 2 is 2.00 bits per heavy atom. The third-order valence-corrected chi connectivity index (χ3v) is 3.20. The first-order chi connectivity index (χ1) is 8.58. The molecular weight excluding hydrogens is 276 g/mol. The molecule has 92 valence electrons. The van der Waals surface area contributed by atoms with Crippen molar-refractivity contribution in [2.45, 2.75) is 16.8 Å². The number of nitrogens with zero attached hydrogens (tertiary/aromatic N) is 4. The van der Waals surface area contributed by atoms with Gasteiger partial charge >= 0.3 is 5.69 Å². The van der Waals surface area contributed by atoms with Crippen molar-refractivity contribution in [3.63, 3.8) is 0 Å². The van der Waals surface area contributed by atoms with Gasteiger partial charge in [0.25, 0.3) is 0 Å². The van der Waals surface area contributed by atoms with Crippen LogP contribution in [0.1, 0.15) is 5.69 Å². The van der Waals surface area contributed by atoms with E-state index in [4.69, 9.17) is 11.6 Å². The van der Waals surface area contributed by atoms with Gasteiger partial charge in [-0.2, -0.15) is 0 Å². The van der Waals surface area contributed by atoms with Crippen molar-refractivity contribution in [2.24, 2.45) is 0 Å². The lowest BCUT2D eigenvalue weighted by Gasteiger charge is -2.04. The van der Waals surface area contributed by atoms with E-state index in [-0.39, 0.29) is 21.7 Å². The molecule has 0 spiro atoms. The lowest BCUT2D eigenvalue weighted by Crippen LogP contribution is -2.00. The van der Waals surface area contributed by atoms with Crippen molar-refractivity contribution in [2.75, 3.05) is 0 Å². The maximum atomic E-state index is 11.0. The quantitative estimate of drug-likeness (QED) is 0.373. The van der Waals surface area contributed by atoms with Crippen molar-refractivity contribution in [3.05, 3.63) is 45.6 Å². The average molecular weight is 283 g/mol. The molecule has 0 amide bonds. The normalized spacial score (nSPS) is 10.3. The predicted molar refractivity (Wildman–Crippen MR) is 66.8 cm³/mol. The van der Waals surface area contributed by atoms with Crippen molar-refractivity contribution >= 4 is 29.1 Å². The highest BCUT2D eigenvalue weighted by Gasteiger charge is 2.22. The number of aryl methyl sites for hydroxylation is 1. The number of rotatable bonds is 3. The first-order valence-electron chi connectivity index (χ1n) is 4.84. The average Bonchev–Trinajstić information content (AvgIpc) is 2.28. The van der Waals surface area contributed by atoms with Crippen molar-refractivity contribution in [3.8, 4) is 0 Å². The summed E-state index contributed by atoms with van der Waals surface area (Å²) in [6, 6.07) is 3.47. The highest BCUT2D eigenvalue weighted by atomic mass is 35.5. The zero-order valence-corrected chi connectivity index (χ0v) is 10.8. The molecule has 0 saturated carbocycles. The molecule has 0 fully saturated rings. The number of pyridine rings is 1. The van der Waals surface area contributed by atoms with E-state index < -0.39 is 4.92 Å². The number of hydrogen-bond acceptors (Lipinski definition) is 6. The van der Waals surface area contributed by atoms with E-state index in [2.05, 4.69) is 15.0 Å². The van der Waals surface area contributed by atoms with Gasteiger partial charge in [0, 0.05) is 17.3 Å². The molecule has 0 aromatic carbocycles. The molecule has 2 heterocycles. The molecule has 18 heavy (non-hydrogen) atoms. The smallest absolute Gasteiger partial charge is 0.265 e. The third kappa shape index (κ3) is 2.74. The van der Waals surface area contributed by atoms with Gasteiger partial charge in [-0.1, -0.05) is 11.8 Å². The summed E-state index contributed by atoms with van der Waals surface area (Å²) in [5.74, 6) is 0. The van der Waals surface area contributed by atoms with Crippen LogP contribution in [0.5, 0.6) is 0 Å². The Morgan fingerprint density at radius 3 is 2.61 bits per heavy atom. The first kappa shape index (κ1) is 12.7. The molecule has 8 heteroatoms. The Hall–Kier alpha value is -1.73. The summed E-state index contributed by atoms with van der Waals surface area (Å²) >= 11 is 6.88. The Kier molecular flexibility index (Phi) is 3.73. The standard InChI is InChI=1S/C10H7ClN4O2S/c1-6-8(15(16)17)9(14-10(11)13-6)18-7-2-4-12-5-3-7/h2-5H,1H3. The predicted octanol–water partition coefficient (Wildman–Crippen LogP) is 2.89. The molecule has 2 aromatic heterocycles. The summed E-state index contributed by atoms with van der Waals surface area (Å²) in [5.41, 5.74) is 0.123. The second kappa shape index (κ2) is 5.28. The van der Waals surface area contributed by atoms with Gasteiger partial charge in [-0.3, -0.25) is 15.1 Å². The fraction of sp³-hybridized carbons (Fsp3) is 0.100. The SMILES string of the molecule is Cc1nc(Cl)nc(Sc2ccncc2)c1[N+](=O)[O-]. The lowest BCUT2D eigenvalue weighted by molar-refractivity contribution is -0.389. The van der Waals surface area contributed by atoms with E-state index in [1.165, 1.54) is 6.92 Å². The molecule has 0 radical (unpaired) electrons. The topological polar surface area (TPSA) is 81.8 Å². The first-order valence-corrected chi connectivity index (χ1v) is 6.04. The van der Waals surface area contributed by atoms with Gasteiger partial charge in [0.05, 0.1) is 4.92 Å². The van der Waals surface area contributed by atoms with Gasteiger partial charge in [-0.05, 0) is 30.7 Å². The third-order valence-electron chi connectivity index (χ3n) is 2.05. The van der Waals surface area contributed by atoms with E-state index in [1.807, 2.05) is 0 Å².